The molecule has 0 fully saturated rings. The molecule has 102 valence electrons. The molecule has 0 bridgehead atoms. The maximum Gasteiger partial charge on any atom is 0.264 e. The Morgan fingerprint density at radius 3 is 2.53 bits per heavy atom. The number of para-hydroxylation sites is 1. The Labute approximate surface area is 125 Å². The third kappa shape index (κ3) is 2.97. The van der Waals surface area contributed by atoms with Gasteiger partial charge in [0.25, 0.3) is 10.0 Å². The highest BCUT2D eigenvalue weighted by Gasteiger charge is 2.22. The molecule has 0 unspecified atom stereocenters. The smallest absolute Gasteiger partial charge is 0.264 e. The van der Waals surface area contributed by atoms with Crippen LogP contribution in [0.15, 0.2) is 29.2 Å². The van der Waals surface area contributed by atoms with Crippen LogP contribution in [-0.4, -0.2) is 8.42 Å². The van der Waals surface area contributed by atoms with Gasteiger partial charge < -0.3 is 5.73 Å². The Kier molecular flexibility index (Phi) is 3.96. The van der Waals surface area contributed by atoms with Crippen LogP contribution < -0.4 is 10.5 Å². The van der Waals surface area contributed by atoms with E-state index in [0.29, 0.717) is 15.7 Å². The number of hydrogen-bond donors (Lipinski definition) is 2. The van der Waals surface area contributed by atoms with Crippen molar-refractivity contribution in [3.8, 4) is 0 Å². The number of nitrogens with one attached hydrogen (secondary N) is 1. The minimum Gasteiger partial charge on any atom is -0.397 e. The maximum atomic E-state index is 12.2. The second-order valence-corrected chi connectivity index (χ2v) is 7.77. The summed E-state index contributed by atoms with van der Waals surface area (Å²) in [6.07, 6.45) is 0. The molecule has 4 nitrogen and oxygen atoms in total. The lowest BCUT2D eigenvalue weighted by atomic mass is 10.2. The Morgan fingerprint density at radius 2 is 2.00 bits per heavy atom. The molecule has 0 aliphatic carbocycles. The molecular formula is C11H10Cl2N2O2S2. The van der Waals surface area contributed by atoms with Crippen LogP contribution in [0.4, 0.5) is 11.4 Å². The van der Waals surface area contributed by atoms with Crippen LogP contribution in [0.25, 0.3) is 0 Å². The van der Waals surface area contributed by atoms with Crippen molar-refractivity contribution in [1.82, 2.24) is 0 Å². The zero-order valence-corrected chi connectivity index (χ0v) is 12.9. The van der Waals surface area contributed by atoms with E-state index in [1.807, 2.05) is 0 Å². The van der Waals surface area contributed by atoms with Crippen molar-refractivity contribution in [3.63, 3.8) is 0 Å². The van der Waals surface area contributed by atoms with Crippen LogP contribution in [0, 0.1) is 6.92 Å². The number of nitrogens with two attached hydrogens (primary N) is 1. The molecule has 2 aromatic rings. The number of halogens is 2. The van der Waals surface area contributed by atoms with Crippen LogP contribution in [0.2, 0.25) is 8.67 Å². The fourth-order valence-corrected chi connectivity index (χ4v) is 4.84. The quantitative estimate of drug-likeness (QED) is 0.838. The molecule has 0 atom stereocenters. The number of thiophene rings is 1. The summed E-state index contributed by atoms with van der Waals surface area (Å²) in [7, 11) is -3.80. The summed E-state index contributed by atoms with van der Waals surface area (Å²) in [6, 6.07) is 6.44. The number of anilines is 2. The average Bonchev–Trinajstić information content (AvgIpc) is 2.64. The van der Waals surface area contributed by atoms with Gasteiger partial charge in [-0.05, 0) is 24.6 Å². The summed E-state index contributed by atoms with van der Waals surface area (Å²) < 4.78 is 27.3. The molecule has 2 rings (SSSR count). The van der Waals surface area contributed by atoms with Crippen molar-refractivity contribution in [2.45, 2.75) is 11.8 Å². The van der Waals surface area contributed by atoms with Crippen molar-refractivity contribution in [2.75, 3.05) is 10.5 Å². The number of rotatable bonds is 3. The van der Waals surface area contributed by atoms with Crippen LogP contribution in [0.3, 0.4) is 0 Å². The zero-order chi connectivity index (χ0) is 14.2. The van der Waals surface area contributed by atoms with Gasteiger partial charge in [-0.25, -0.2) is 8.42 Å². The first-order valence-corrected chi connectivity index (χ1v) is 8.19. The third-order valence-corrected chi connectivity index (χ3v) is 5.56. The Bertz CT molecular complexity index is 706. The highest BCUT2D eigenvalue weighted by molar-refractivity contribution is 7.93. The van der Waals surface area contributed by atoms with Crippen LogP contribution >= 0.6 is 34.5 Å². The van der Waals surface area contributed by atoms with Crippen LogP contribution in [-0.2, 0) is 10.0 Å². The van der Waals surface area contributed by atoms with Crippen molar-refractivity contribution in [1.29, 1.82) is 0 Å². The van der Waals surface area contributed by atoms with Gasteiger partial charge >= 0.3 is 0 Å². The van der Waals surface area contributed by atoms with Gasteiger partial charge in [0.15, 0.2) is 0 Å². The summed E-state index contributed by atoms with van der Waals surface area (Å²) in [5.74, 6) is 0. The van der Waals surface area contributed by atoms with E-state index in [9.17, 15) is 8.42 Å². The molecular weight excluding hydrogens is 327 g/mol. The van der Waals surface area contributed by atoms with Crippen LogP contribution in [0.1, 0.15) is 5.56 Å². The topological polar surface area (TPSA) is 72.2 Å². The predicted molar refractivity (Wildman–Crippen MR) is 80.7 cm³/mol. The molecule has 3 N–H and O–H groups in total. The van der Waals surface area contributed by atoms with E-state index in [1.165, 1.54) is 6.07 Å². The largest absolute Gasteiger partial charge is 0.397 e. The molecule has 1 heterocycles. The Morgan fingerprint density at radius 1 is 1.32 bits per heavy atom. The number of hydrogen-bond acceptors (Lipinski definition) is 4. The molecule has 0 amide bonds. The lowest BCUT2D eigenvalue weighted by Crippen LogP contribution is -2.14. The van der Waals surface area contributed by atoms with E-state index >= 15 is 0 Å². The van der Waals surface area contributed by atoms with Gasteiger partial charge in [0, 0.05) is 0 Å². The summed E-state index contributed by atoms with van der Waals surface area (Å²) in [5, 5.41) is 0. The first-order chi connectivity index (χ1) is 8.81. The monoisotopic (exact) mass is 336 g/mol. The second-order valence-electron chi connectivity index (χ2n) is 3.83. The van der Waals surface area contributed by atoms with E-state index < -0.39 is 10.0 Å². The van der Waals surface area contributed by atoms with Gasteiger partial charge in [-0.15, -0.1) is 11.3 Å². The van der Waals surface area contributed by atoms with Crippen molar-refractivity contribution in [2.24, 2.45) is 0 Å². The highest BCUT2D eigenvalue weighted by Crippen LogP contribution is 2.36. The molecule has 0 aliphatic heterocycles. The molecule has 1 aromatic carbocycles. The minimum absolute atomic E-state index is 0.0492. The van der Waals surface area contributed by atoms with Gasteiger partial charge in [-0.1, -0.05) is 35.3 Å². The number of benzene rings is 1. The van der Waals surface area contributed by atoms with Crippen molar-refractivity contribution < 1.29 is 8.42 Å². The average molecular weight is 337 g/mol. The molecule has 0 saturated carbocycles. The fourth-order valence-electron chi connectivity index (χ4n) is 1.53. The molecule has 0 radical (unpaired) electrons. The molecule has 19 heavy (non-hydrogen) atoms. The molecule has 0 spiro atoms. The van der Waals surface area contributed by atoms with E-state index in [-0.39, 0.29) is 9.23 Å². The summed E-state index contributed by atoms with van der Waals surface area (Å²) in [4.78, 5) is -0.0492. The number of aryl methyl sites for hydroxylation is 1. The lowest BCUT2D eigenvalue weighted by molar-refractivity contribution is 0.601. The van der Waals surface area contributed by atoms with E-state index in [2.05, 4.69) is 4.72 Å². The Hall–Kier alpha value is -0.950. The molecule has 8 heteroatoms. The van der Waals surface area contributed by atoms with E-state index in [1.54, 1.807) is 25.1 Å². The first kappa shape index (κ1) is 14.5. The van der Waals surface area contributed by atoms with Crippen LogP contribution in [0.5, 0.6) is 0 Å². The van der Waals surface area contributed by atoms with E-state index in [0.717, 1.165) is 16.9 Å². The standard InChI is InChI=1S/C11H10Cl2N2O2S2/c1-6-3-2-4-7(14)10(6)15-19(16,17)8-5-9(12)18-11(8)13/h2-5,15H,14H2,1H3. The first-order valence-electron chi connectivity index (χ1n) is 5.14. The lowest BCUT2D eigenvalue weighted by Gasteiger charge is -2.12. The van der Waals surface area contributed by atoms with Gasteiger partial charge in [-0.2, -0.15) is 0 Å². The highest BCUT2D eigenvalue weighted by atomic mass is 35.5. The van der Waals surface area contributed by atoms with Gasteiger partial charge in [-0.3, -0.25) is 4.72 Å². The molecule has 0 aliphatic rings. The third-order valence-electron chi connectivity index (χ3n) is 2.46. The summed E-state index contributed by atoms with van der Waals surface area (Å²) >= 11 is 12.6. The molecule has 0 saturated heterocycles. The summed E-state index contributed by atoms with van der Waals surface area (Å²) in [6.45, 7) is 1.76. The minimum atomic E-state index is -3.80. The number of nitrogen functional groups attached to an aromatic ring is 1. The maximum absolute atomic E-state index is 12.2. The fraction of sp³-hybridized carbons (Fsp3) is 0.0909. The molecule has 1 aromatic heterocycles. The van der Waals surface area contributed by atoms with E-state index in [4.69, 9.17) is 28.9 Å². The van der Waals surface area contributed by atoms with Gasteiger partial charge in [0.05, 0.1) is 15.7 Å². The predicted octanol–water partition coefficient (Wildman–Crippen LogP) is 3.75. The second kappa shape index (κ2) is 5.20. The summed E-state index contributed by atoms with van der Waals surface area (Å²) in [5.41, 5.74) is 7.19. The Balaban J connectivity index is 2.45. The van der Waals surface area contributed by atoms with Gasteiger partial charge in [0.2, 0.25) is 0 Å². The van der Waals surface area contributed by atoms with Crippen molar-refractivity contribution >= 4 is 55.9 Å². The normalized spacial score (nSPS) is 11.5. The van der Waals surface area contributed by atoms with Crippen molar-refractivity contribution in [3.05, 3.63) is 38.5 Å². The SMILES string of the molecule is Cc1cccc(N)c1NS(=O)(=O)c1cc(Cl)sc1Cl. The van der Waals surface area contributed by atoms with Gasteiger partial charge in [0.1, 0.15) is 9.23 Å². The zero-order valence-electron chi connectivity index (χ0n) is 9.78. The number of sulfonamides is 1.